The second-order valence-electron chi connectivity index (χ2n) is 9.74. The van der Waals surface area contributed by atoms with Crippen LogP contribution >= 0.6 is 0 Å². The first-order valence-corrected chi connectivity index (χ1v) is 15.1. The Bertz CT molecular complexity index is 1410. The number of hydrogen-bond donors (Lipinski definition) is 1. The molecule has 1 unspecified atom stereocenters. The molecule has 0 aliphatic carbocycles. The lowest BCUT2D eigenvalue weighted by Crippen LogP contribution is -2.52. The van der Waals surface area contributed by atoms with E-state index in [0.29, 0.717) is 18.7 Å². The van der Waals surface area contributed by atoms with E-state index in [-0.39, 0.29) is 23.0 Å². The van der Waals surface area contributed by atoms with Gasteiger partial charge in [0, 0.05) is 13.1 Å². The van der Waals surface area contributed by atoms with Crippen molar-refractivity contribution in [3.8, 4) is 5.75 Å². The maximum atomic E-state index is 14.0. The van der Waals surface area contributed by atoms with Crippen molar-refractivity contribution in [2.75, 3.05) is 24.5 Å². The van der Waals surface area contributed by atoms with Crippen LogP contribution in [0.1, 0.15) is 44.2 Å². The summed E-state index contributed by atoms with van der Waals surface area (Å²) >= 11 is 0. The van der Waals surface area contributed by atoms with Gasteiger partial charge in [0.15, 0.2) is 0 Å². The smallest absolute Gasteiger partial charge is 0.264 e. The Labute approximate surface area is 242 Å². The number of sulfonamides is 1. The number of carbonyl (C=O) groups is 2. The van der Waals surface area contributed by atoms with E-state index in [9.17, 15) is 22.4 Å². The molecule has 0 spiro atoms. The van der Waals surface area contributed by atoms with Gasteiger partial charge in [0.25, 0.3) is 10.0 Å². The van der Waals surface area contributed by atoms with Gasteiger partial charge in [-0.25, -0.2) is 12.8 Å². The Morgan fingerprint density at radius 2 is 1.68 bits per heavy atom. The van der Waals surface area contributed by atoms with Crippen LogP contribution in [0.25, 0.3) is 0 Å². The number of hydrogen-bond acceptors (Lipinski definition) is 5. The fraction of sp³-hybridized carbons (Fsp3) is 0.355. The number of ether oxygens (including phenoxy) is 1. The Balaban J connectivity index is 2.03. The van der Waals surface area contributed by atoms with Crippen LogP contribution in [0.4, 0.5) is 10.1 Å². The van der Waals surface area contributed by atoms with Gasteiger partial charge in [-0.2, -0.15) is 0 Å². The molecular formula is C31H38FN3O5S. The summed E-state index contributed by atoms with van der Waals surface area (Å²) in [7, 11) is -2.79. The third-order valence-corrected chi connectivity index (χ3v) is 8.48. The Hall–Kier alpha value is -3.92. The van der Waals surface area contributed by atoms with E-state index in [1.165, 1.54) is 48.4 Å². The molecule has 0 bridgehead atoms. The van der Waals surface area contributed by atoms with Crippen LogP contribution in [0.2, 0.25) is 0 Å². The first kappa shape index (κ1) is 31.6. The van der Waals surface area contributed by atoms with Crippen molar-refractivity contribution in [3.63, 3.8) is 0 Å². The predicted octanol–water partition coefficient (Wildman–Crippen LogP) is 5.06. The molecule has 1 N–H and O–H groups in total. The van der Waals surface area contributed by atoms with E-state index >= 15 is 0 Å². The zero-order valence-electron chi connectivity index (χ0n) is 24.0. The van der Waals surface area contributed by atoms with Gasteiger partial charge >= 0.3 is 0 Å². The highest BCUT2D eigenvalue weighted by molar-refractivity contribution is 7.92. The Kier molecular flexibility index (Phi) is 11.3. The summed E-state index contributed by atoms with van der Waals surface area (Å²) < 4.78 is 47.6. The molecule has 3 rings (SSSR count). The Morgan fingerprint density at radius 3 is 2.27 bits per heavy atom. The van der Waals surface area contributed by atoms with Crippen LogP contribution in [0, 0.1) is 12.7 Å². The van der Waals surface area contributed by atoms with Crippen LogP contribution in [0.15, 0.2) is 77.7 Å². The summed E-state index contributed by atoms with van der Waals surface area (Å²) in [5.41, 5.74) is 1.92. The van der Waals surface area contributed by atoms with E-state index in [4.69, 9.17) is 4.74 Å². The third kappa shape index (κ3) is 8.29. The van der Waals surface area contributed by atoms with Crippen LogP contribution in [0.5, 0.6) is 5.75 Å². The van der Waals surface area contributed by atoms with Crippen LogP contribution in [-0.2, 0) is 26.2 Å². The molecule has 0 saturated heterocycles. The van der Waals surface area contributed by atoms with Gasteiger partial charge in [0.1, 0.15) is 24.2 Å². The van der Waals surface area contributed by atoms with Crippen molar-refractivity contribution in [1.82, 2.24) is 10.2 Å². The van der Waals surface area contributed by atoms with E-state index in [0.717, 1.165) is 40.4 Å². The van der Waals surface area contributed by atoms with Gasteiger partial charge in [-0.3, -0.25) is 13.9 Å². The zero-order chi connectivity index (χ0) is 30.0. The molecular weight excluding hydrogens is 545 g/mol. The second kappa shape index (κ2) is 14.6. The number of carbonyl (C=O) groups excluding carboxylic acids is 2. The highest BCUT2D eigenvalue weighted by Crippen LogP contribution is 2.26. The molecule has 8 nitrogen and oxygen atoms in total. The van der Waals surface area contributed by atoms with E-state index < -0.39 is 34.3 Å². The maximum absolute atomic E-state index is 14.0. The monoisotopic (exact) mass is 583 g/mol. The van der Waals surface area contributed by atoms with Crippen molar-refractivity contribution < 1.29 is 27.1 Å². The lowest BCUT2D eigenvalue weighted by atomic mass is 10.1. The fourth-order valence-electron chi connectivity index (χ4n) is 4.44. The van der Waals surface area contributed by atoms with E-state index in [1.807, 2.05) is 45.0 Å². The average Bonchev–Trinajstić information content (AvgIpc) is 2.96. The number of benzene rings is 3. The van der Waals surface area contributed by atoms with Gasteiger partial charge in [-0.15, -0.1) is 0 Å². The van der Waals surface area contributed by atoms with Crippen LogP contribution < -0.4 is 14.4 Å². The highest BCUT2D eigenvalue weighted by atomic mass is 32.2. The molecule has 3 aromatic carbocycles. The topological polar surface area (TPSA) is 96.0 Å². The molecule has 0 aromatic heterocycles. The van der Waals surface area contributed by atoms with Gasteiger partial charge in [-0.1, -0.05) is 50.1 Å². The summed E-state index contributed by atoms with van der Waals surface area (Å²) in [4.78, 5) is 28.6. The third-order valence-electron chi connectivity index (χ3n) is 6.69. The minimum absolute atomic E-state index is 0.0648. The first-order chi connectivity index (χ1) is 19.6. The van der Waals surface area contributed by atoms with E-state index in [2.05, 4.69) is 5.32 Å². The van der Waals surface area contributed by atoms with Gasteiger partial charge in [0.05, 0.1) is 17.7 Å². The molecule has 0 saturated carbocycles. The lowest BCUT2D eigenvalue weighted by Gasteiger charge is -2.33. The van der Waals surface area contributed by atoms with Crippen LogP contribution in [0.3, 0.4) is 0 Å². The summed E-state index contributed by atoms with van der Waals surface area (Å²) in [5.74, 6) is -0.936. The first-order valence-electron chi connectivity index (χ1n) is 13.7. The molecule has 10 heteroatoms. The molecule has 0 aliphatic heterocycles. The molecule has 2 amide bonds. The number of amides is 2. The molecule has 220 valence electrons. The van der Waals surface area contributed by atoms with Gasteiger partial charge < -0.3 is 15.0 Å². The molecule has 0 aliphatic rings. The number of rotatable bonds is 14. The Morgan fingerprint density at radius 1 is 1.00 bits per heavy atom. The summed E-state index contributed by atoms with van der Waals surface area (Å²) in [6.45, 7) is 5.76. The number of nitrogens with zero attached hydrogens (tertiary/aromatic N) is 2. The predicted molar refractivity (Wildman–Crippen MR) is 158 cm³/mol. The summed E-state index contributed by atoms with van der Waals surface area (Å²) in [6, 6.07) is 17.4. The van der Waals surface area contributed by atoms with Crippen LogP contribution in [-0.4, -0.2) is 51.4 Å². The number of nitrogens with one attached hydrogen (secondary N) is 1. The van der Waals surface area contributed by atoms with Crippen molar-refractivity contribution in [2.24, 2.45) is 0 Å². The van der Waals surface area contributed by atoms with Crippen molar-refractivity contribution >= 4 is 27.5 Å². The minimum atomic E-state index is -4.26. The number of anilines is 1. The summed E-state index contributed by atoms with van der Waals surface area (Å²) in [6.07, 6.45) is 2.03. The van der Waals surface area contributed by atoms with Crippen molar-refractivity contribution in [2.45, 2.75) is 57.5 Å². The van der Waals surface area contributed by atoms with Gasteiger partial charge in [0.2, 0.25) is 11.8 Å². The average molecular weight is 584 g/mol. The SMILES string of the molecule is CCCCNC(=O)C(CC)N(Cc1cccc(C)c1)C(=O)CN(c1ccc(F)cc1)S(=O)(=O)c1ccc(OC)cc1. The second-order valence-corrected chi connectivity index (χ2v) is 11.6. The van der Waals surface area contributed by atoms with Gasteiger partial charge in [-0.05, 0) is 73.9 Å². The summed E-state index contributed by atoms with van der Waals surface area (Å²) in [5, 5.41) is 2.91. The zero-order valence-corrected chi connectivity index (χ0v) is 24.8. The quantitative estimate of drug-likeness (QED) is 0.268. The van der Waals surface area contributed by atoms with Crippen molar-refractivity contribution in [3.05, 3.63) is 89.7 Å². The molecule has 3 aromatic rings. The molecule has 0 radical (unpaired) electrons. The molecule has 41 heavy (non-hydrogen) atoms. The number of methoxy groups -OCH3 is 1. The molecule has 0 fully saturated rings. The standard InChI is InChI=1S/C31H38FN3O5S/c1-5-7-19-33-31(37)29(6-2)34(21-24-10-8-9-23(3)20-24)30(36)22-35(26-13-11-25(32)12-14-26)41(38,39)28-17-15-27(40-4)16-18-28/h8-18,20,29H,5-7,19,21-22H2,1-4H3,(H,33,37). The largest absolute Gasteiger partial charge is 0.497 e. The fourth-order valence-corrected chi connectivity index (χ4v) is 5.86. The molecule has 1 atom stereocenters. The maximum Gasteiger partial charge on any atom is 0.264 e. The number of aryl methyl sites for hydroxylation is 1. The normalized spacial score (nSPS) is 11.9. The minimum Gasteiger partial charge on any atom is -0.497 e. The van der Waals surface area contributed by atoms with E-state index in [1.54, 1.807) is 0 Å². The van der Waals surface area contributed by atoms with Crippen molar-refractivity contribution in [1.29, 1.82) is 0 Å². The molecule has 0 heterocycles. The number of halogens is 1. The highest BCUT2D eigenvalue weighted by Gasteiger charge is 2.33. The lowest BCUT2D eigenvalue weighted by molar-refractivity contribution is -0.140. The number of unbranched alkanes of at least 4 members (excludes halogenated alkanes) is 1.